The van der Waals surface area contributed by atoms with Gasteiger partial charge in [-0.1, -0.05) is 24.3 Å². The number of ketones is 1. The second-order valence-corrected chi connectivity index (χ2v) is 9.37. The molecule has 0 radical (unpaired) electrons. The van der Waals surface area contributed by atoms with Crippen LogP contribution in [0.2, 0.25) is 0 Å². The number of allylic oxidation sites excluding steroid dienone is 1. The monoisotopic (exact) mass is 538 g/mol. The molecule has 1 unspecified atom stereocenters. The highest BCUT2D eigenvalue weighted by molar-refractivity contribution is 6.15. The zero-order chi connectivity index (χ0) is 27.6. The molecular weight excluding hydrogens is 512 g/mol. The van der Waals surface area contributed by atoms with Gasteiger partial charge in [-0.05, 0) is 48.0 Å². The van der Waals surface area contributed by atoms with E-state index in [0.717, 1.165) is 16.9 Å². The van der Waals surface area contributed by atoms with Gasteiger partial charge in [0.25, 0.3) is 0 Å². The Balaban J connectivity index is 1.36. The molecule has 202 valence electrons. The molecule has 0 fully saturated rings. The van der Waals surface area contributed by atoms with Crippen molar-refractivity contribution in [3.8, 4) is 28.7 Å². The topological polar surface area (TPSA) is 93.4 Å². The van der Waals surface area contributed by atoms with Crippen LogP contribution in [0, 0.1) is 0 Å². The highest BCUT2D eigenvalue weighted by Crippen LogP contribution is 2.51. The maximum Gasteiger partial charge on any atom is 0.312 e. The molecule has 1 atom stereocenters. The second kappa shape index (κ2) is 10.6. The van der Waals surface area contributed by atoms with Crippen LogP contribution in [0.15, 0.2) is 83.2 Å². The molecule has 4 aromatic rings. The summed E-state index contributed by atoms with van der Waals surface area (Å²) in [6, 6.07) is 20.1. The van der Waals surface area contributed by atoms with Crippen molar-refractivity contribution in [1.82, 2.24) is 0 Å². The van der Waals surface area contributed by atoms with Gasteiger partial charge in [-0.15, -0.1) is 0 Å². The van der Waals surface area contributed by atoms with Gasteiger partial charge in [0.05, 0.1) is 39.1 Å². The van der Waals surface area contributed by atoms with E-state index < -0.39 is 5.92 Å². The molecule has 0 spiro atoms. The van der Waals surface area contributed by atoms with E-state index in [1.807, 2.05) is 42.5 Å². The van der Waals surface area contributed by atoms with Gasteiger partial charge in [0.15, 0.2) is 17.3 Å². The molecule has 2 aliphatic rings. The molecule has 0 amide bonds. The van der Waals surface area contributed by atoms with E-state index in [1.54, 1.807) is 44.6 Å². The number of para-hydroxylation sites is 1. The molecular formula is C32H26O8. The minimum atomic E-state index is -0.493. The first-order chi connectivity index (χ1) is 19.6. The molecule has 6 rings (SSSR count). The van der Waals surface area contributed by atoms with Gasteiger partial charge >= 0.3 is 5.97 Å². The van der Waals surface area contributed by atoms with Gasteiger partial charge in [0.2, 0.25) is 5.78 Å². The van der Waals surface area contributed by atoms with Crippen molar-refractivity contribution in [1.29, 1.82) is 0 Å². The Morgan fingerprint density at radius 2 is 1.77 bits per heavy atom. The van der Waals surface area contributed by atoms with Gasteiger partial charge < -0.3 is 28.1 Å². The number of Topliss-reactive ketones (excluding diaryl/α,β-unsaturated/α-hetero) is 1. The SMILES string of the molecule is COc1ccc(CCOc2c(OC)cccc2C2CC(=O)Oc3ccc4c(c32)OC(=Cc2ccco2)C4=O)cc1. The molecule has 0 N–H and O–H groups in total. The first-order valence-corrected chi connectivity index (χ1v) is 12.8. The molecule has 1 aromatic heterocycles. The lowest BCUT2D eigenvalue weighted by atomic mass is 9.84. The minimum absolute atomic E-state index is 0.0419. The van der Waals surface area contributed by atoms with E-state index in [1.165, 1.54) is 6.26 Å². The summed E-state index contributed by atoms with van der Waals surface area (Å²) in [6.07, 6.45) is 3.77. The molecule has 0 bridgehead atoms. The number of rotatable bonds is 8. The maximum atomic E-state index is 13.2. The van der Waals surface area contributed by atoms with Crippen LogP contribution in [0.3, 0.4) is 0 Å². The van der Waals surface area contributed by atoms with Crippen LogP contribution in [0.5, 0.6) is 28.7 Å². The molecule has 0 aliphatic carbocycles. The number of benzene rings is 3. The summed E-state index contributed by atoms with van der Waals surface area (Å²) in [5.41, 5.74) is 2.83. The molecule has 40 heavy (non-hydrogen) atoms. The predicted molar refractivity (Wildman–Crippen MR) is 145 cm³/mol. The fourth-order valence-corrected chi connectivity index (χ4v) is 5.06. The number of furan rings is 1. The van der Waals surface area contributed by atoms with Crippen molar-refractivity contribution in [2.75, 3.05) is 20.8 Å². The molecule has 8 heteroatoms. The summed E-state index contributed by atoms with van der Waals surface area (Å²) < 4.78 is 34.3. The number of carbonyl (C=O) groups is 2. The van der Waals surface area contributed by atoms with E-state index in [-0.39, 0.29) is 23.9 Å². The fraction of sp³-hybridized carbons (Fsp3) is 0.188. The molecule has 0 saturated heterocycles. The van der Waals surface area contributed by atoms with E-state index in [2.05, 4.69) is 0 Å². The van der Waals surface area contributed by atoms with Crippen LogP contribution in [-0.4, -0.2) is 32.6 Å². The van der Waals surface area contributed by atoms with E-state index in [4.69, 9.17) is 28.1 Å². The van der Waals surface area contributed by atoms with Crippen LogP contribution in [-0.2, 0) is 11.2 Å². The number of carbonyl (C=O) groups excluding carboxylic acids is 2. The molecule has 8 nitrogen and oxygen atoms in total. The summed E-state index contributed by atoms with van der Waals surface area (Å²) >= 11 is 0. The van der Waals surface area contributed by atoms with E-state index in [0.29, 0.717) is 52.9 Å². The van der Waals surface area contributed by atoms with Crippen molar-refractivity contribution in [2.45, 2.75) is 18.8 Å². The van der Waals surface area contributed by atoms with Crippen molar-refractivity contribution in [3.63, 3.8) is 0 Å². The van der Waals surface area contributed by atoms with E-state index in [9.17, 15) is 9.59 Å². The van der Waals surface area contributed by atoms with Crippen molar-refractivity contribution < 1.29 is 37.7 Å². The highest BCUT2D eigenvalue weighted by Gasteiger charge is 2.40. The Bertz CT molecular complexity index is 1600. The van der Waals surface area contributed by atoms with Gasteiger partial charge in [0.1, 0.15) is 23.0 Å². The van der Waals surface area contributed by atoms with Gasteiger partial charge in [-0.3, -0.25) is 9.59 Å². The van der Waals surface area contributed by atoms with Crippen molar-refractivity contribution in [2.24, 2.45) is 0 Å². The Labute approximate surface area is 230 Å². The number of hydrogen-bond acceptors (Lipinski definition) is 8. The van der Waals surface area contributed by atoms with Crippen LogP contribution >= 0.6 is 0 Å². The Hall–Kier alpha value is -4.98. The second-order valence-electron chi connectivity index (χ2n) is 9.37. The summed E-state index contributed by atoms with van der Waals surface area (Å²) in [7, 11) is 3.21. The number of hydrogen-bond donors (Lipinski definition) is 0. The highest BCUT2D eigenvalue weighted by atomic mass is 16.5. The summed E-state index contributed by atoms with van der Waals surface area (Å²) in [6.45, 7) is 0.377. The average Bonchev–Trinajstić information content (AvgIpc) is 3.60. The van der Waals surface area contributed by atoms with Crippen molar-refractivity contribution >= 4 is 17.8 Å². The smallest absolute Gasteiger partial charge is 0.312 e. The Morgan fingerprint density at radius 3 is 2.52 bits per heavy atom. The van der Waals surface area contributed by atoms with Crippen LogP contribution < -0.4 is 23.7 Å². The zero-order valence-corrected chi connectivity index (χ0v) is 22.0. The molecule has 3 heterocycles. The number of methoxy groups -OCH3 is 2. The number of esters is 1. The quantitative estimate of drug-likeness (QED) is 0.154. The molecule has 3 aromatic carbocycles. The summed E-state index contributed by atoms with van der Waals surface area (Å²) in [4.78, 5) is 25.9. The van der Waals surface area contributed by atoms with Crippen LogP contribution in [0.4, 0.5) is 0 Å². The molecule has 2 aliphatic heterocycles. The summed E-state index contributed by atoms with van der Waals surface area (Å²) in [5, 5.41) is 0. The third-order valence-electron chi connectivity index (χ3n) is 7.00. The Kier molecular flexibility index (Phi) is 6.74. The van der Waals surface area contributed by atoms with Crippen molar-refractivity contribution in [3.05, 3.63) is 107 Å². The predicted octanol–water partition coefficient (Wildman–Crippen LogP) is 5.98. The van der Waals surface area contributed by atoms with E-state index >= 15 is 0 Å². The first-order valence-electron chi connectivity index (χ1n) is 12.8. The fourth-order valence-electron chi connectivity index (χ4n) is 5.06. The lowest BCUT2D eigenvalue weighted by Gasteiger charge is -2.28. The largest absolute Gasteiger partial charge is 0.497 e. The third kappa shape index (κ3) is 4.68. The first kappa shape index (κ1) is 25.3. The number of ether oxygens (including phenoxy) is 5. The third-order valence-corrected chi connectivity index (χ3v) is 7.00. The van der Waals surface area contributed by atoms with Gasteiger partial charge in [0, 0.05) is 29.5 Å². The standard InChI is InChI=1S/C32H26O8/c1-35-20-10-8-19(9-11-20)14-16-38-31-22(6-3-7-26(31)36-2)24-18-28(33)39-25-13-12-23-30(34)27(40-32(23)29(24)25)17-21-5-4-15-37-21/h3-13,15,17,24H,14,16,18H2,1-2H3. The Morgan fingerprint density at radius 1 is 0.925 bits per heavy atom. The lowest BCUT2D eigenvalue weighted by Crippen LogP contribution is -2.22. The molecule has 0 saturated carbocycles. The minimum Gasteiger partial charge on any atom is -0.497 e. The van der Waals surface area contributed by atoms with Gasteiger partial charge in [-0.25, -0.2) is 0 Å². The average molecular weight is 539 g/mol. The summed E-state index contributed by atoms with van der Waals surface area (Å²) in [5.74, 6) is 2.04. The lowest BCUT2D eigenvalue weighted by molar-refractivity contribution is -0.135. The normalized spacial score (nSPS) is 16.6. The zero-order valence-electron chi connectivity index (χ0n) is 22.0. The van der Waals surface area contributed by atoms with Crippen LogP contribution in [0.1, 0.15) is 45.1 Å². The van der Waals surface area contributed by atoms with Crippen LogP contribution in [0.25, 0.3) is 6.08 Å². The maximum absolute atomic E-state index is 13.2. The number of fused-ring (bicyclic) bond motifs is 3. The van der Waals surface area contributed by atoms with Gasteiger partial charge in [-0.2, -0.15) is 0 Å².